The number of anilines is 2. The number of nitro groups is 1. The topological polar surface area (TPSA) is 123 Å². The maximum Gasteiger partial charge on any atom is 0.269 e. The largest absolute Gasteiger partial charge is 0.480 e. The molecule has 0 spiro atoms. The molecule has 0 radical (unpaired) electrons. The molecule has 25 heavy (non-hydrogen) atoms. The van der Waals surface area contributed by atoms with Gasteiger partial charge >= 0.3 is 0 Å². The first-order valence-corrected chi connectivity index (χ1v) is 7.18. The molecule has 2 N–H and O–H groups in total. The standard InChI is InChI=1S/C16H12N4O5/c21-14(8-3-10-1-4-11(5-2-10)20(23)24)17-13-7-6-12-16(18-13)19-15(22)9-25-12/h1-8H,9H2,(H2,17,18,19,21,22)/b8-3+. The Morgan fingerprint density at radius 2 is 2.04 bits per heavy atom. The lowest BCUT2D eigenvalue weighted by atomic mass is 10.2. The van der Waals surface area contributed by atoms with E-state index in [0.29, 0.717) is 11.3 Å². The number of ether oxygens (including phenoxy) is 1. The van der Waals surface area contributed by atoms with Crippen molar-refractivity contribution in [2.45, 2.75) is 0 Å². The Morgan fingerprint density at radius 1 is 1.28 bits per heavy atom. The lowest BCUT2D eigenvalue weighted by molar-refractivity contribution is -0.384. The summed E-state index contributed by atoms with van der Waals surface area (Å²) in [6, 6.07) is 8.92. The SMILES string of the molecule is O=C(/C=C/c1ccc([N+](=O)[O-])cc1)Nc1ccc2c(n1)NC(=O)CO2. The summed E-state index contributed by atoms with van der Waals surface area (Å²) in [5.41, 5.74) is 0.615. The number of hydrogen-bond donors (Lipinski definition) is 2. The zero-order chi connectivity index (χ0) is 17.8. The second-order valence-corrected chi connectivity index (χ2v) is 5.05. The molecule has 2 heterocycles. The van der Waals surface area contributed by atoms with Gasteiger partial charge in [-0.1, -0.05) is 0 Å². The van der Waals surface area contributed by atoms with Crippen LogP contribution in [0.25, 0.3) is 6.08 Å². The molecule has 1 aliphatic heterocycles. The Hall–Kier alpha value is -3.75. The molecule has 0 saturated carbocycles. The van der Waals surface area contributed by atoms with Crippen molar-refractivity contribution in [1.29, 1.82) is 0 Å². The Morgan fingerprint density at radius 3 is 2.76 bits per heavy atom. The normalized spacial score (nSPS) is 12.9. The van der Waals surface area contributed by atoms with E-state index in [2.05, 4.69) is 15.6 Å². The summed E-state index contributed by atoms with van der Waals surface area (Å²) >= 11 is 0. The first-order chi connectivity index (χ1) is 12.0. The summed E-state index contributed by atoms with van der Waals surface area (Å²) in [5, 5.41) is 15.7. The smallest absolute Gasteiger partial charge is 0.269 e. The first kappa shape index (κ1) is 16.1. The van der Waals surface area contributed by atoms with Crippen LogP contribution < -0.4 is 15.4 Å². The zero-order valence-electron chi connectivity index (χ0n) is 12.8. The Bertz CT molecular complexity index is 877. The molecule has 2 amide bonds. The molecule has 0 aliphatic carbocycles. The Kier molecular flexibility index (Phi) is 4.38. The van der Waals surface area contributed by atoms with Gasteiger partial charge in [0.2, 0.25) is 5.91 Å². The molecule has 0 saturated heterocycles. The van der Waals surface area contributed by atoms with E-state index >= 15 is 0 Å². The minimum Gasteiger partial charge on any atom is -0.480 e. The highest BCUT2D eigenvalue weighted by atomic mass is 16.6. The number of fused-ring (bicyclic) bond motifs is 1. The number of non-ortho nitro benzene ring substituents is 1. The van der Waals surface area contributed by atoms with Crippen LogP contribution in [0.3, 0.4) is 0 Å². The van der Waals surface area contributed by atoms with Crippen molar-refractivity contribution in [2.24, 2.45) is 0 Å². The van der Waals surface area contributed by atoms with Crippen LogP contribution in [0.2, 0.25) is 0 Å². The van der Waals surface area contributed by atoms with Crippen molar-refractivity contribution in [1.82, 2.24) is 4.98 Å². The molecular weight excluding hydrogens is 328 g/mol. The van der Waals surface area contributed by atoms with Crippen molar-refractivity contribution in [3.05, 3.63) is 58.2 Å². The average Bonchev–Trinajstić information content (AvgIpc) is 2.60. The van der Waals surface area contributed by atoms with Gasteiger partial charge in [0.25, 0.3) is 11.6 Å². The van der Waals surface area contributed by atoms with Gasteiger partial charge in [-0.2, -0.15) is 0 Å². The number of pyridine rings is 1. The summed E-state index contributed by atoms with van der Waals surface area (Å²) in [6.07, 6.45) is 2.79. The number of carbonyl (C=O) groups is 2. The van der Waals surface area contributed by atoms with E-state index in [1.54, 1.807) is 12.1 Å². The van der Waals surface area contributed by atoms with Crippen molar-refractivity contribution in [2.75, 3.05) is 17.2 Å². The molecule has 2 aromatic rings. The molecule has 1 aromatic carbocycles. The van der Waals surface area contributed by atoms with E-state index in [1.807, 2.05) is 0 Å². The van der Waals surface area contributed by atoms with Gasteiger partial charge in [-0.25, -0.2) is 4.98 Å². The van der Waals surface area contributed by atoms with Crippen LogP contribution in [0.5, 0.6) is 5.75 Å². The van der Waals surface area contributed by atoms with Crippen LogP contribution in [-0.2, 0) is 9.59 Å². The van der Waals surface area contributed by atoms with E-state index < -0.39 is 10.8 Å². The van der Waals surface area contributed by atoms with Crippen LogP contribution in [0.15, 0.2) is 42.5 Å². The zero-order valence-corrected chi connectivity index (χ0v) is 12.8. The molecule has 0 atom stereocenters. The van der Waals surface area contributed by atoms with Crippen LogP contribution >= 0.6 is 0 Å². The monoisotopic (exact) mass is 340 g/mol. The maximum atomic E-state index is 11.9. The fourth-order valence-corrected chi connectivity index (χ4v) is 2.08. The maximum absolute atomic E-state index is 11.9. The lowest BCUT2D eigenvalue weighted by Gasteiger charge is -2.17. The fourth-order valence-electron chi connectivity index (χ4n) is 2.08. The number of nitro benzene ring substituents is 1. The summed E-state index contributed by atoms with van der Waals surface area (Å²) in [4.78, 5) is 37.4. The second-order valence-electron chi connectivity index (χ2n) is 5.05. The molecule has 3 rings (SSSR count). The molecule has 0 bridgehead atoms. The Labute approximate surface area is 141 Å². The molecule has 9 nitrogen and oxygen atoms in total. The van der Waals surface area contributed by atoms with E-state index in [0.717, 1.165) is 0 Å². The average molecular weight is 340 g/mol. The minimum absolute atomic E-state index is 0.0240. The first-order valence-electron chi connectivity index (χ1n) is 7.18. The van der Waals surface area contributed by atoms with Crippen molar-refractivity contribution in [3.63, 3.8) is 0 Å². The van der Waals surface area contributed by atoms with Gasteiger partial charge in [-0.05, 0) is 35.9 Å². The van der Waals surface area contributed by atoms with Crippen molar-refractivity contribution in [3.8, 4) is 5.75 Å². The number of nitrogens with one attached hydrogen (secondary N) is 2. The van der Waals surface area contributed by atoms with Crippen LogP contribution in [0.4, 0.5) is 17.3 Å². The fraction of sp³-hybridized carbons (Fsp3) is 0.0625. The number of nitrogens with zero attached hydrogens (tertiary/aromatic N) is 2. The second kappa shape index (κ2) is 6.79. The molecule has 126 valence electrons. The molecule has 9 heteroatoms. The molecule has 0 fully saturated rings. The molecule has 1 aromatic heterocycles. The molecule has 0 unspecified atom stereocenters. The summed E-state index contributed by atoms with van der Waals surface area (Å²) < 4.78 is 5.18. The van der Waals surface area contributed by atoms with E-state index in [1.165, 1.54) is 36.4 Å². The minimum atomic E-state index is -0.496. The highest BCUT2D eigenvalue weighted by Gasteiger charge is 2.17. The Balaban J connectivity index is 1.65. The van der Waals surface area contributed by atoms with Gasteiger partial charge in [-0.15, -0.1) is 0 Å². The predicted molar refractivity (Wildman–Crippen MR) is 89.1 cm³/mol. The van der Waals surface area contributed by atoms with Crippen LogP contribution in [0, 0.1) is 10.1 Å². The van der Waals surface area contributed by atoms with Crippen LogP contribution in [0.1, 0.15) is 5.56 Å². The van der Waals surface area contributed by atoms with Gasteiger partial charge in [-0.3, -0.25) is 19.7 Å². The van der Waals surface area contributed by atoms with E-state index in [9.17, 15) is 19.7 Å². The van der Waals surface area contributed by atoms with Gasteiger partial charge in [0.05, 0.1) is 4.92 Å². The van der Waals surface area contributed by atoms with Crippen LogP contribution in [-0.4, -0.2) is 28.3 Å². The quantitative estimate of drug-likeness (QED) is 0.498. The number of amides is 2. The van der Waals surface area contributed by atoms with Gasteiger partial charge in [0, 0.05) is 18.2 Å². The van der Waals surface area contributed by atoms with Crippen molar-refractivity contribution >= 4 is 35.2 Å². The van der Waals surface area contributed by atoms with E-state index in [-0.39, 0.29) is 29.8 Å². The van der Waals surface area contributed by atoms with E-state index in [4.69, 9.17) is 4.74 Å². The number of hydrogen-bond acceptors (Lipinski definition) is 6. The highest BCUT2D eigenvalue weighted by Crippen LogP contribution is 2.26. The number of rotatable bonds is 4. The number of carbonyl (C=O) groups excluding carboxylic acids is 2. The summed E-state index contributed by atoms with van der Waals surface area (Å²) in [7, 11) is 0. The van der Waals surface area contributed by atoms with Crippen molar-refractivity contribution < 1.29 is 19.2 Å². The van der Waals surface area contributed by atoms with Gasteiger partial charge < -0.3 is 15.4 Å². The number of aromatic nitrogens is 1. The summed E-state index contributed by atoms with van der Waals surface area (Å²) in [6.45, 7) is -0.0711. The predicted octanol–water partition coefficient (Wildman–Crippen LogP) is 1.97. The highest BCUT2D eigenvalue weighted by molar-refractivity contribution is 6.02. The number of benzene rings is 1. The third-order valence-electron chi connectivity index (χ3n) is 3.26. The molecule has 1 aliphatic rings. The third kappa shape index (κ3) is 3.96. The molecular formula is C16H12N4O5. The van der Waals surface area contributed by atoms with Gasteiger partial charge in [0.15, 0.2) is 18.2 Å². The van der Waals surface area contributed by atoms with Gasteiger partial charge in [0.1, 0.15) is 5.82 Å². The third-order valence-corrected chi connectivity index (χ3v) is 3.26. The summed E-state index contributed by atoms with van der Waals surface area (Å²) in [5.74, 6) is 0.172. The lowest BCUT2D eigenvalue weighted by Crippen LogP contribution is -2.26.